The fourth-order valence-electron chi connectivity index (χ4n) is 1.38. The Hall–Kier alpha value is -0.270. The lowest BCUT2D eigenvalue weighted by Gasteiger charge is -2.16. The monoisotopic (exact) mass is 217 g/mol. The molecule has 0 aliphatic carbocycles. The molecule has 2 atom stereocenters. The molecule has 72 valence electrons. The van der Waals surface area contributed by atoms with Crippen LogP contribution in [0.2, 0.25) is 5.02 Å². The van der Waals surface area contributed by atoms with Crippen LogP contribution in [0.3, 0.4) is 0 Å². The van der Waals surface area contributed by atoms with Gasteiger partial charge in [0.15, 0.2) is 0 Å². The summed E-state index contributed by atoms with van der Waals surface area (Å²) in [5.74, 6) is 0.318. The molecule has 0 N–H and O–H groups in total. The van der Waals surface area contributed by atoms with E-state index >= 15 is 0 Å². The molecule has 1 aromatic rings. The second-order valence-corrected chi connectivity index (χ2v) is 4.22. The van der Waals surface area contributed by atoms with E-state index in [2.05, 4.69) is 11.9 Å². The van der Waals surface area contributed by atoms with E-state index in [-0.39, 0.29) is 5.38 Å². The molecule has 0 bridgehead atoms. The van der Waals surface area contributed by atoms with Gasteiger partial charge in [0.1, 0.15) is 0 Å². The number of hydrogen-bond acceptors (Lipinski definition) is 1. The summed E-state index contributed by atoms with van der Waals surface area (Å²) in [5.41, 5.74) is 1.02. The first kappa shape index (κ1) is 10.8. The van der Waals surface area contributed by atoms with E-state index in [4.69, 9.17) is 23.2 Å². The van der Waals surface area contributed by atoms with Crippen LogP contribution >= 0.6 is 23.2 Å². The lowest BCUT2D eigenvalue weighted by atomic mass is 9.98. The van der Waals surface area contributed by atoms with Crippen molar-refractivity contribution in [1.29, 1.82) is 0 Å². The highest BCUT2D eigenvalue weighted by Gasteiger charge is 2.16. The Morgan fingerprint density at radius 1 is 1.46 bits per heavy atom. The summed E-state index contributed by atoms with van der Waals surface area (Å²) >= 11 is 11.8. The Kier molecular flexibility index (Phi) is 4.01. The molecule has 2 unspecified atom stereocenters. The maximum atomic E-state index is 6.05. The van der Waals surface area contributed by atoms with Crippen molar-refractivity contribution < 1.29 is 0 Å². The molecular formula is C10H13Cl2N. The molecule has 0 spiro atoms. The van der Waals surface area contributed by atoms with E-state index in [1.54, 1.807) is 6.20 Å². The Balaban J connectivity index is 2.86. The third-order valence-corrected chi connectivity index (χ3v) is 2.65. The molecule has 0 aliphatic heterocycles. The smallest absolute Gasteiger partial charge is 0.0589 e. The van der Waals surface area contributed by atoms with E-state index < -0.39 is 0 Å². The van der Waals surface area contributed by atoms with Crippen molar-refractivity contribution in [3.05, 3.63) is 29.0 Å². The summed E-state index contributed by atoms with van der Waals surface area (Å²) in [4.78, 5) is 4.25. The molecule has 0 radical (unpaired) electrons. The van der Waals surface area contributed by atoms with Crippen LogP contribution in [-0.4, -0.2) is 10.4 Å². The molecule has 1 rings (SSSR count). The highest BCUT2D eigenvalue weighted by atomic mass is 35.5. The van der Waals surface area contributed by atoms with E-state index in [1.165, 1.54) is 0 Å². The van der Waals surface area contributed by atoms with Crippen molar-refractivity contribution in [2.45, 2.75) is 31.6 Å². The van der Waals surface area contributed by atoms with Crippen LogP contribution in [0.4, 0.5) is 0 Å². The van der Waals surface area contributed by atoms with Gasteiger partial charge in [-0.25, -0.2) is 0 Å². The van der Waals surface area contributed by atoms with Crippen LogP contribution in [0.15, 0.2) is 18.3 Å². The Morgan fingerprint density at radius 2 is 2.15 bits per heavy atom. The first-order chi connectivity index (χ1) is 6.15. The van der Waals surface area contributed by atoms with Crippen molar-refractivity contribution in [2.24, 2.45) is 0 Å². The van der Waals surface area contributed by atoms with Gasteiger partial charge in [-0.05, 0) is 25.5 Å². The number of nitrogens with zero attached hydrogens (tertiary/aromatic N) is 1. The van der Waals surface area contributed by atoms with Crippen LogP contribution in [-0.2, 0) is 0 Å². The average Bonchev–Trinajstić information content (AvgIpc) is 2.09. The summed E-state index contributed by atoms with van der Waals surface area (Å²) < 4.78 is 0. The molecule has 0 aliphatic rings. The molecule has 1 nitrogen and oxygen atoms in total. The number of aromatic nitrogens is 1. The largest absolute Gasteiger partial charge is 0.259 e. The average molecular weight is 218 g/mol. The predicted octanol–water partition coefficient (Wildman–Crippen LogP) is 3.86. The van der Waals surface area contributed by atoms with Crippen LogP contribution in [0.1, 0.15) is 31.9 Å². The van der Waals surface area contributed by atoms with Crippen molar-refractivity contribution in [3.8, 4) is 0 Å². The SMILES string of the molecule is CCC(c1ccc(Cl)cn1)C(C)Cl. The third kappa shape index (κ3) is 2.85. The maximum absolute atomic E-state index is 6.05. The molecule has 0 amide bonds. The molecule has 0 fully saturated rings. The summed E-state index contributed by atoms with van der Waals surface area (Å²) in [6.45, 7) is 4.10. The summed E-state index contributed by atoms with van der Waals surface area (Å²) in [7, 11) is 0. The van der Waals surface area contributed by atoms with E-state index in [0.717, 1.165) is 12.1 Å². The van der Waals surface area contributed by atoms with Gasteiger partial charge in [0.25, 0.3) is 0 Å². The normalized spacial score (nSPS) is 15.4. The minimum Gasteiger partial charge on any atom is -0.259 e. The Morgan fingerprint density at radius 3 is 2.54 bits per heavy atom. The Bertz CT molecular complexity index is 256. The lowest BCUT2D eigenvalue weighted by molar-refractivity contribution is 0.630. The fourth-order valence-corrected chi connectivity index (χ4v) is 1.79. The first-order valence-electron chi connectivity index (χ1n) is 4.40. The zero-order chi connectivity index (χ0) is 9.84. The highest BCUT2D eigenvalue weighted by molar-refractivity contribution is 6.30. The van der Waals surface area contributed by atoms with Gasteiger partial charge in [-0.3, -0.25) is 4.98 Å². The molecule has 0 saturated carbocycles. The number of pyridine rings is 1. The van der Waals surface area contributed by atoms with Gasteiger partial charge in [-0.2, -0.15) is 0 Å². The second-order valence-electron chi connectivity index (χ2n) is 3.09. The van der Waals surface area contributed by atoms with Crippen molar-refractivity contribution >= 4 is 23.2 Å². The van der Waals surface area contributed by atoms with Crippen LogP contribution in [0.5, 0.6) is 0 Å². The van der Waals surface area contributed by atoms with Gasteiger partial charge in [-0.1, -0.05) is 18.5 Å². The lowest BCUT2D eigenvalue weighted by Crippen LogP contribution is -2.09. The summed E-state index contributed by atoms with van der Waals surface area (Å²) in [6, 6.07) is 3.79. The molecule has 13 heavy (non-hydrogen) atoms. The Labute approximate surface area is 89.1 Å². The highest BCUT2D eigenvalue weighted by Crippen LogP contribution is 2.25. The minimum absolute atomic E-state index is 0.110. The van der Waals surface area contributed by atoms with Gasteiger partial charge >= 0.3 is 0 Å². The number of alkyl halides is 1. The van der Waals surface area contributed by atoms with E-state index in [1.807, 2.05) is 19.1 Å². The van der Waals surface area contributed by atoms with Crippen LogP contribution in [0, 0.1) is 0 Å². The first-order valence-corrected chi connectivity index (χ1v) is 5.22. The van der Waals surface area contributed by atoms with Gasteiger partial charge in [0.05, 0.1) is 5.02 Å². The molecule has 3 heteroatoms. The summed E-state index contributed by atoms with van der Waals surface area (Å²) in [6.07, 6.45) is 2.66. The molecule has 1 aromatic heterocycles. The van der Waals surface area contributed by atoms with Gasteiger partial charge in [0.2, 0.25) is 0 Å². The van der Waals surface area contributed by atoms with Crippen molar-refractivity contribution in [2.75, 3.05) is 0 Å². The minimum atomic E-state index is 0.110. The van der Waals surface area contributed by atoms with Crippen molar-refractivity contribution in [3.63, 3.8) is 0 Å². The standard InChI is InChI=1S/C10H13Cl2N/c1-3-9(7(2)11)10-5-4-8(12)6-13-10/h4-7,9H,3H2,1-2H3. The van der Waals surface area contributed by atoms with Gasteiger partial charge in [0, 0.05) is 23.2 Å². The predicted molar refractivity (Wildman–Crippen MR) is 57.6 cm³/mol. The molecule has 0 saturated heterocycles. The number of rotatable bonds is 3. The number of hydrogen-bond donors (Lipinski definition) is 0. The van der Waals surface area contributed by atoms with E-state index in [0.29, 0.717) is 10.9 Å². The van der Waals surface area contributed by atoms with Crippen molar-refractivity contribution in [1.82, 2.24) is 4.98 Å². The molecule has 1 heterocycles. The van der Waals surface area contributed by atoms with E-state index in [9.17, 15) is 0 Å². The maximum Gasteiger partial charge on any atom is 0.0589 e. The molecule has 0 aromatic carbocycles. The molecular weight excluding hydrogens is 205 g/mol. The zero-order valence-electron chi connectivity index (χ0n) is 7.80. The summed E-state index contributed by atoms with van der Waals surface area (Å²) in [5, 5.41) is 0.777. The van der Waals surface area contributed by atoms with Gasteiger partial charge < -0.3 is 0 Å². The topological polar surface area (TPSA) is 12.9 Å². The van der Waals surface area contributed by atoms with Gasteiger partial charge in [-0.15, -0.1) is 11.6 Å². The van der Waals surface area contributed by atoms with Crippen LogP contribution in [0.25, 0.3) is 0 Å². The van der Waals surface area contributed by atoms with Crippen LogP contribution < -0.4 is 0 Å². The fraction of sp³-hybridized carbons (Fsp3) is 0.500. The zero-order valence-corrected chi connectivity index (χ0v) is 9.31. The third-order valence-electron chi connectivity index (χ3n) is 2.12. The second kappa shape index (κ2) is 4.83. The number of halogens is 2. The quantitative estimate of drug-likeness (QED) is 0.702.